The molecule has 0 bridgehead atoms. The third-order valence-electron chi connectivity index (χ3n) is 1.84. The van der Waals surface area contributed by atoms with Crippen LogP contribution in [0.2, 0.25) is 0 Å². The molecule has 0 saturated carbocycles. The van der Waals surface area contributed by atoms with Crippen LogP contribution in [0.15, 0.2) is 60.7 Å². The van der Waals surface area contributed by atoms with Gasteiger partial charge in [-0.3, -0.25) is 0 Å². The second-order valence-electron chi connectivity index (χ2n) is 2.86. The summed E-state index contributed by atoms with van der Waals surface area (Å²) in [6.45, 7) is 0. The molecular formula is C12H17P3. The summed E-state index contributed by atoms with van der Waals surface area (Å²) in [7, 11) is 0.777. The van der Waals surface area contributed by atoms with E-state index < -0.39 is 0 Å². The highest BCUT2D eigenvalue weighted by molar-refractivity contribution is 7.55. The molecule has 0 N–H and O–H groups in total. The standard InChI is InChI=1S/C12H11P.2H3P/c1-3-7-11(8-4-1)13-12-9-5-2-6-10-12;;/h1-10,13H;2*1H3. The van der Waals surface area contributed by atoms with Crippen LogP contribution in [0.4, 0.5) is 0 Å². The lowest BCUT2D eigenvalue weighted by Gasteiger charge is -2.00. The van der Waals surface area contributed by atoms with Crippen molar-refractivity contribution >= 4 is 39.0 Å². The van der Waals surface area contributed by atoms with Gasteiger partial charge < -0.3 is 0 Å². The molecule has 2 rings (SSSR count). The fourth-order valence-electron chi connectivity index (χ4n) is 1.21. The Hall–Kier alpha value is -0.270. The molecule has 0 heterocycles. The van der Waals surface area contributed by atoms with E-state index in [1.54, 1.807) is 0 Å². The molecular weight excluding hydrogens is 237 g/mol. The Balaban J connectivity index is 0.000000980. The van der Waals surface area contributed by atoms with Gasteiger partial charge in [-0.05, 0) is 10.6 Å². The summed E-state index contributed by atoms with van der Waals surface area (Å²) in [5.41, 5.74) is 0. The summed E-state index contributed by atoms with van der Waals surface area (Å²) < 4.78 is 0. The van der Waals surface area contributed by atoms with Gasteiger partial charge in [-0.25, -0.2) is 0 Å². The van der Waals surface area contributed by atoms with Crippen molar-refractivity contribution in [1.82, 2.24) is 0 Å². The molecule has 0 amide bonds. The van der Waals surface area contributed by atoms with Crippen LogP contribution < -0.4 is 10.6 Å². The van der Waals surface area contributed by atoms with Gasteiger partial charge in [0.2, 0.25) is 0 Å². The maximum Gasteiger partial charge on any atom is -0.0226 e. The van der Waals surface area contributed by atoms with Crippen LogP contribution >= 0.6 is 28.4 Å². The number of benzene rings is 2. The van der Waals surface area contributed by atoms with E-state index in [0.29, 0.717) is 0 Å². The van der Waals surface area contributed by atoms with E-state index in [9.17, 15) is 0 Å². The normalized spacial score (nSPS) is 8.53. The van der Waals surface area contributed by atoms with Crippen LogP contribution in [0.25, 0.3) is 0 Å². The van der Waals surface area contributed by atoms with Crippen molar-refractivity contribution in [3.05, 3.63) is 60.7 Å². The monoisotopic (exact) mass is 254 g/mol. The van der Waals surface area contributed by atoms with Gasteiger partial charge in [-0.1, -0.05) is 69.2 Å². The van der Waals surface area contributed by atoms with Crippen molar-refractivity contribution in [3.63, 3.8) is 0 Å². The second kappa shape index (κ2) is 7.95. The van der Waals surface area contributed by atoms with Crippen molar-refractivity contribution < 1.29 is 0 Å². The maximum atomic E-state index is 2.17. The molecule has 0 fully saturated rings. The molecule has 0 spiro atoms. The maximum absolute atomic E-state index is 2.17. The highest BCUT2D eigenvalue weighted by Gasteiger charge is 1.92. The Kier molecular flexibility index (Phi) is 7.81. The summed E-state index contributed by atoms with van der Waals surface area (Å²) >= 11 is 0. The van der Waals surface area contributed by atoms with Crippen LogP contribution in [0, 0.1) is 0 Å². The summed E-state index contributed by atoms with van der Waals surface area (Å²) in [6.07, 6.45) is 0. The molecule has 0 aliphatic heterocycles. The van der Waals surface area contributed by atoms with E-state index in [1.807, 2.05) is 0 Å². The first-order valence-electron chi connectivity index (χ1n) is 4.32. The van der Waals surface area contributed by atoms with Crippen LogP contribution in [0.1, 0.15) is 0 Å². The first kappa shape index (κ1) is 14.7. The van der Waals surface area contributed by atoms with Crippen molar-refractivity contribution in [1.29, 1.82) is 0 Å². The highest BCUT2D eigenvalue weighted by Crippen LogP contribution is 2.08. The quantitative estimate of drug-likeness (QED) is 0.722. The minimum Gasteiger partial charge on any atom is -0.153 e. The molecule has 0 aliphatic carbocycles. The first-order valence-corrected chi connectivity index (χ1v) is 5.32. The Morgan fingerprint density at radius 1 is 0.533 bits per heavy atom. The second-order valence-corrected chi connectivity index (χ2v) is 4.26. The summed E-state index contributed by atoms with van der Waals surface area (Å²) in [4.78, 5) is 0. The fourth-order valence-corrected chi connectivity index (χ4v) is 2.26. The van der Waals surface area contributed by atoms with Gasteiger partial charge in [-0.15, -0.1) is 0 Å². The van der Waals surface area contributed by atoms with Crippen LogP contribution in [-0.2, 0) is 0 Å². The molecule has 2 aromatic rings. The lowest BCUT2D eigenvalue weighted by molar-refractivity contribution is 1.76. The molecule has 2 atom stereocenters. The van der Waals surface area contributed by atoms with Crippen LogP contribution in [0.5, 0.6) is 0 Å². The van der Waals surface area contributed by atoms with Gasteiger partial charge in [0.15, 0.2) is 0 Å². The zero-order valence-electron chi connectivity index (χ0n) is 8.69. The number of rotatable bonds is 2. The SMILES string of the molecule is P.P.c1ccc(Pc2ccccc2)cc1. The highest BCUT2D eigenvalue weighted by atomic mass is 31.1. The summed E-state index contributed by atoms with van der Waals surface area (Å²) in [6, 6.07) is 21.2. The van der Waals surface area contributed by atoms with Crippen LogP contribution in [-0.4, -0.2) is 0 Å². The summed E-state index contributed by atoms with van der Waals surface area (Å²) in [5.74, 6) is 0. The summed E-state index contributed by atoms with van der Waals surface area (Å²) in [5, 5.41) is 2.79. The van der Waals surface area contributed by atoms with E-state index in [2.05, 4.69) is 60.7 Å². The minimum absolute atomic E-state index is 0. The van der Waals surface area contributed by atoms with Crippen molar-refractivity contribution in [2.75, 3.05) is 0 Å². The zero-order chi connectivity index (χ0) is 8.93. The molecule has 0 radical (unpaired) electrons. The Bertz CT molecular complexity index is 322. The van der Waals surface area contributed by atoms with Gasteiger partial charge >= 0.3 is 0 Å². The molecule has 0 nitrogen and oxygen atoms in total. The average molecular weight is 254 g/mol. The largest absolute Gasteiger partial charge is 0.153 e. The molecule has 15 heavy (non-hydrogen) atoms. The topological polar surface area (TPSA) is 0 Å². The van der Waals surface area contributed by atoms with Crippen molar-refractivity contribution in [2.24, 2.45) is 0 Å². The average Bonchev–Trinajstić information content (AvgIpc) is 2.21. The van der Waals surface area contributed by atoms with E-state index in [4.69, 9.17) is 0 Å². The van der Waals surface area contributed by atoms with Gasteiger partial charge in [-0.2, -0.15) is 19.8 Å². The Morgan fingerprint density at radius 3 is 1.20 bits per heavy atom. The molecule has 0 aromatic heterocycles. The molecule has 2 aromatic carbocycles. The Labute approximate surface area is 99.9 Å². The smallest absolute Gasteiger partial charge is 0.0226 e. The predicted molar refractivity (Wildman–Crippen MR) is 82.7 cm³/mol. The first-order chi connectivity index (χ1) is 6.45. The van der Waals surface area contributed by atoms with E-state index in [0.717, 1.165) is 8.58 Å². The fraction of sp³-hybridized carbons (Fsp3) is 0. The lowest BCUT2D eigenvalue weighted by Crippen LogP contribution is -2.01. The number of hydrogen-bond acceptors (Lipinski definition) is 0. The third-order valence-corrected chi connectivity index (χ3v) is 3.08. The lowest BCUT2D eigenvalue weighted by atomic mass is 10.4. The van der Waals surface area contributed by atoms with Crippen molar-refractivity contribution in [3.8, 4) is 0 Å². The van der Waals surface area contributed by atoms with Gasteiger partial charge in [0.25, 0.3) is 0 Å². The molecule has 0 saturated heterocycles. The minimum atomic E-state index is 0. The molecule has 3 heteroatoms. The van der Waals surface area contributed by atoms with Crippen molar-refractivity contribution in [2.45, 2.75) is 0 Å². The number of hydrogen-bond donors (Lipinski definition) is 0. The van der Waals surface area contributed by atoms with E-state index in [1.165, 1.54) is 10.6 Å². The molecule has 80 valence electrons. The Morgan fingerprint density at radius 2 is 0.867 bits per heavy atom. The van der Waals surface area contributed by atoms with Gasteiger partial charge in [0.05, 0.1) is 0 Å². The van der Waals surface area contributed by atoms with E-state index >= 15 is 0 Å². The van der Waals surface area contributed by atoms with Gasteiger partial charge in [0.1, 0.15) is 0 Å². The zero-order valence-corrected chi connectivity index (χ0v) is 12.5. The van der Waals surface area contributed by atoms with E-state index in [-0.39, 0.29) is 19.8 Å². The molecule has 0 aliphatic rings. The third kappa shape index (κ3) is 4.85. The predicted octanol–water partition coefficient (Wildman–Crippen LogP) is 2.43. The molecule has 2 unspecified atom stereocenters. The van der Waals surface area contributed by atoms with Gasteiger partial charge in [0, 0.05) is 0 Å². The van der Waals surface area contributed by atoms with Crippen LogP contribution in [0.3, 0.4) is 0 Å².